The lowest BCUT2D eigenvalue weighted by molar-refractivity contribution is -0.116. The number of carbonyl (C=O) groups is 1. The monoisotopic (exact) mass is 339 g/mol. The van der Waals surface area contributed by atoms with Crippen LogP contribution in [0.15, 0.2) is 60.5 Å². The fourth-order valence-corrected chi connectivity index (χ4v) is 2.31. The van der Waals surface area contributed by atoms with Crippen LogP contribution in [0.5, 0.6) is 5.75 Å². The molecule has 7 N–H and O–H groups in total. The van der Waals surface area contributed by atoms with Crippen LogP contribution in [0.1, 0.15) is 11.1 Å². The minimum absolute atomic E-state index is 0.297. The Labute approximate surface area is 145 Å². The van der Waals surface area contributed by atoms with Gasteiger partial charge in [-0.25, -0.2) is 0 Å². The maximum Gasteiger partial charge on any atom is 0.283 e. The lowest BCUT2D eigenvalue weighted by Crippen LogP contribution is -2.12. The van der Waals surface area contributed by atoms with Gasteiger partial charge < -0.3 is 26.7 Å². The number of hydrogen-bond donors (Lipinski definition) is 5. The van der Waals surface area contributed by atoms with Gasteiger partial charge in [-0.3, -0.25) is 4.79 Å². The number of aliphatic hydroxyl groups excluding tert-OH is 1. The smallest absolute Gasteiger partial charge is 0.283 e. The molecule has 6 nitrogen and oxygen atoms in total. The molecule has 0 atom stereocenters. The zero-order valence-electron chi connectivity index (χ0n) is 13.6. The van der Waals surface area contributed by atoms with Crippen LogP contribution in [0, 0.1) is 0 Å². The van der Waals surface area contributed by atoms with Crippen LogP contribution in [0.25, 0.3) is 17.0 Å². The quantitative estimate of drug-likeness (QED) is 0.370. The van der Waals surface area contributed by atoms with Crippen LogP contribution in [0.3, 0.4) is 0 Å². The third-order valence-electron chi connectivity index (χ3n) is 3.52. The summed E-state index contributed by atoms with van der Waals surface area (Å²) < 4.78 is 0. The molecular formula is C19H21N3O3. The molecule has 0 unspecified atom stereocenters. The van der Waals surface area contributed by atoms with E-state index in [9.17, 15) is 9.90 Å². The average Bonchev–Trinajstić information content (AvgIpc) is 2.99. The number of fused-ring (bicyclic) bond motifs is 1. The van der Waals surface area contributed by atoms with Gasteiger partial charge in [0, 0.05) is 17.1 Å². The second-order valence-electron chi connectivity index (χ2n) is 5.39. The number of aromatic nitrogens is 1. The Balaban J connectivity index is 0.000000181. The number of aromatic amines is 1. The number of rotatable bonds is 4. The minimum Gasteiger partial charge on any atom is -0.508 e. The summed E-state index contributed by atoms with van der Waals surface area (Å²) in [7, 11) is 0. The van der Waals surface area contributed by atoms with Crippen molar-refractivity contribution < 1.29 is 15.0 Å². The van der Waals surface area contributed by atoms with Crippen molar-refractivity contribution in [2.24, 2.45) is 11.5 Å². The fraction of sp³-hybridized carbons (Fsp3) is 0.105. The summed E-state index contributed by atoms with van der Waals surface area (Å²) in [5.41, 5.74) is 13.2. The van der Waals surface area contributed by atoms with Gasteiger partial charge in [0.1, 0.15) is 5.75 Å². The maximum atomic E-state index is 10.4. The first kappa shape index (κ1) is 18.1. The molecule has 2 aromatic carbocycles. The van der Waals surface area contributed by atoms with E-state index >= 15 is 0 Å². The number of amides is 1. The highest BCUT2D eigenvalue weighted by Crippen LogP contribution is 2.22. The fourth-order valence-electron chi connectivity index (χ4n) is 2.31. The van der Waals surface area contributed by atoms with Gasteiger partial charge in [-0.15, -0.1) is 0 Å². The van der Waals surface area contributed by atoms with E-state index in [1.807, 2.05) is 18.3 Å². The number of aromatic hydroxyl groups is 1. The highest BCUT2D eigenvalue weighted by atomic mass is 16.3. The van der Waals surface area contributed by atoms with Gasteiger partial charge in [0.15, 0.2) is 5.76 Å². The van der Waals surface area contributed by atoms with E-state index in [1.165, 1.54) is 6.08 Å². The minimum atomic E-state index is -0.821. The van der Waals surface area contributed by atoms with Gasteiger partial charge in [0.25, 0.3) is 5.91 Å². The number of benzene rings is 2. The highest BCUT2D eigenvalue weighted by Gasteiger charge is 2.02. The third kappa shape index (κ3) is 5.12. The van der Waals surface area contributed by atoms with E-state index < -0.39 is 11.7 Å². The van der Waals surface area contributed by atoms with Crippen molar-refractivity contribution in [2.45, 2.75) is 6.42 Å². The molecule has 0 aliphatic heterocycles. The normalized spacial score (nSPS) is 11.0. The van der Waals surface area contributed by atoms with Crippen molar-refractivity contribution >= 4 is 22.9 Å². The molecule has 0 bridgehead atoms. The van der Waals surface area contributed by atoms with E-state index in [-0.39, 0.29) is 0 Å². The number of aliphatic hydroxyl groups is 1. The summed E-state index contributed by atoms with van der Waals surface area (Å²) in [6.45, 7) is 0.628. The molecule has 1 amide bonds. The first-order valence-electron chi connectivity index (χ1n) is 7.76. The number of hydrogen-bond acceptors (Lipinski definition) is 4. The van der Waals surface area contributed by atoms with Crippen molar-refractivity contribution in [1.82, 2.24) is 4.98 Å². The van der Waals surface area contributed by atoms with Gasteiger partial charge >= 0.3 is 0 Å². The lowest BCUT2D eigenvalue weighted by Gasteiger charge is -1.96. The van der Waals surface area contributed by atoms with E-state index in [0.29, 0.717) is 12.3 Å². The molecule has 0 spiro atoms. The molecule has 0 aliphatic rings. The van der Waals surface area contributed by atoms with E-state index in [1.54, 1.807) is 36.4 Å². The Morgan fingerprint density at radius 1 is 1.16 bits per heavy atom. The van der Waals surface area contributed by atoms with Crippen LogP contribution in [-0.2, 0) is 11.2 Å². The number of nitrogens with two attached hydrogens (primary N) is 2. The second-order valence-corrected chi connectivity index (χ2v) is 5.39. The molecule has 3 aromatic rings. The molecule has 3 rings (SSSR count). The molecule has 25 heavy (non-hydrogen) atoms. The summed E-state index contributed by atoms with van der Waals surface area (Å²) in [5, 5.41) is 19.3. The number of nitrogens with one attached hydrogen (secondary N) is 1. The molecule has 1 aromatic heterocycles. The molecular weight excluding hydrogens is 318 g/mol. The predicted molar refractivity (Wildman–Crippen MR) is 99.0 cm³/mol. The number of phenols is 1. The average molecular weight is 339 g/mol. The lowest BCUT2D eigenvalue weighted by atomic mass is 10.1. The zero-order valence-corrected chi connectivity index (χ0v) is 13.6. The van der Waals surface area contributed by atoms with E-state index in [4.69, 9.17) is 16.6 Å². The third-order valence-corrected chi connectivity index (χ3v) is 3.52. The zero-order chi connectivity index (χ0) is 18.2. The largest absolute Gasteiger partial charge is 0.508 e. The molecule has 0 fully saturated rings. The van der Waals surface area contributed by atoms with Crippen LogP contribution in [0.4, 0.5) is 0 Å². The second kappa shape index (κ2) is 8.56. The maximum absolute atomic E-state index is 10.4. The molecule has 130 valence electrons. The summed E-state index contributed by atoms with van der Waals surface area (Å²) in [6.07, 6.45) is 4.10. The van der Waals surface area contributed by atoms with E-state index in [2.05, 4.69) is 4.98 Å². The highest BCUT2D eigenvalue weighted by molar-refractivity contribution is 5.93. The van der Waals surface area contributed by atoms with Gasteiger partial charge in [0.05, 0.1) is 0 Å². The first-order chi connectivity index (χ1) is 12.0. The van der Waals surface area contributed by atoms with Crippen molar-refractivity contribution in [3.8, 4) is 5.75 Å². The summed E-state index contributed by atoms with van der Waals surface area (Å²) in [5.74, 6) is -0.953. The standard InChI is InChI=1S/C10H12N2O.C9H9NO2/c11-4-3-7-6-12-10-2-1-8(13)5-9(7)10;10-9(12)8(11)6-7-4-2-1-3-5-7/h1-2,5-6,12-13H,3-4,11H2;1-6,11H,(H2,10,12). The van der Waals surface area contributed by atoms with Crippen molar-refractivity contribution in [1.29, 1.82) is 0 Å². The van der Waals surface area contributed by atoms with Crippen molar-refractivity contribution in [3.05, 3.63) is 71.6 Å². The topological polar surface area (TPSA) is 125 Å². The molecule has 0 radical (unpaired) electrons. The Hall–Kier alpha value is -3.25. The van der Waals surface area contributed by atoms with E-state index in [0.717, 1.165) is 28.5 Å². The first-order valence-corrected chi connectivity index (χ1v) is 7.76. The van der Waals surface area contributed by atoms with Crippen LogP contribution < -0.4 is 11.5 Å². The number of H-pyrrole nitrogens is 1. The molecule has 0 saturated carbocycles. The van der Waals surface area contributed by atoms with Gasteiger partial charge in [-0.05, 0) is 48.4 Å². The van der Waals surface area contributed by atoms with Gasteiger partial charge in [-0.1, -0.05) is 30.3 Å². The Morgan fingerprint density at radius 2 is 1.88 bits per heavy atom. The predicted octanol–water partition coefficient (Wildman–Crippen LogP) is 2.45. The number of carbonyl (C=O) groups excluding carboxylic acids is 1. The SMILES string of the molecule is NC(=O)C(O)=Cc1ccccc1.NCCc1c[nH]c2ccc(O)cc12. The number of phenolic OH excluding ortho intramolecular Hbond substituents is 1. The van der Waals surface area contributed by atoms with Gasteiger partial charge in [-0.2, -0.15) is 0 Å². The molecule has 0 saturated heterocycles. The van der Waals surface area contributed by atoms with Gasteiger partial charge in [0.2, 0.25) is 0 Å². The molecule has 6 heteroatoms. The summed E-state index contributed by atoms with van der Waals surface area (Å²) in [6, 6.07) is 14.3. The van der Waals surface area contributed by atoms with Crippen LogP contribution in [-0.4, -0.2) is 27.6 Å². The Kier molecular flexibility index (Phi) is 6.20. The van der Waals surface area contributed by atoms with Crippen molar-refractivity contribution in [2.75, 3.05) is 6.54 Å². The molecule has 1 heterocycles. The Bertz CT molecular complexity index is 870. The summed E-state index contributed by atoms with van der Waals surface area (Å²) >= 11 is 0. The Morgan fingerprint density at radius 3 is 2.52 bits per heavy atom. The summed E-state index contributed by atoms with van der Waals surface area (Å²) in [4.78, 5) is 13.5. The van der Waals surface area contributed by atoms with Crippen LogP contribution >= 0.6 is 0 Å². The van der Waals surface area contributed by atoms with Crippen molar-refractivity contribution in [3.63, 3.8) is 0 Å². The van der Waals surface area contributed by atoms with Crippen LogP contribution in [0.2, 0.25) is 0 Å². The molecule has 0 aliphatic carbocycles. The number of primary amides is 1.